The number of ether oxygens (including phenoxy) is 1. The molecule has 4 nitrogen and oxygen atoms in total. The third kappa shape index (κ3) is 6.48. The molecule has 0 aliphatic rings. The molecule has 1 atom stereocenters. The molecule has 1 N–H and O–H groups in total. The lowest BCUT2D eigenvalue weighted by Gasteiger charge is -2.26. The summed E-state index contributed by atoms with van der Waals surface area (Å²) in [4.78, 5) is 22.9. The Morgan fingerprint density at radius 2 is 2.09 bits per heavy atom. The fraction of sp³-hybridized carbons (Fsp3) is 0.529. The van der Waals surface area contributed by atoms with Gasteiger partial charge in [-0.05, 0) is 31.9 Å². The molecule has 0 unspecified atom stereocenters. The van der Waals surface area contributed by atoms with Gasteiger partial charge in [-0.25, -0.2) is 4.79 Å². The molecule has 0 fully saturated rings. The molecular weight excluding hydrogens is 302 g/mol. The van der Waals surface area contributed by atoms with Gasteiger partial charge in [0.25, 0.3) is 0 Å². The van der Waals surface area contributed by atoms with E-state index in [1.807, 2.05) is 39.0 Å². The van der Waals surface area contributed by atoms with Crippen LogP contribution >= 0.6 is 11.6 Å². The van der Waals surface area contributed by atoms with E-state index in [2.05, 4.69) is 5.32 Å². The summed E-state index contributed by atoms with van der Waals surface area (Å²) in [5.41, 5.74) is 0.202. The van der Waals surface area contributed by atoms with Crippen LogP contribution in [0.25, 0.3) is 0 Å². The zero-order valence-electron chi connectivity index (χ0n) is 13.4. The fourth-order valence-corrected chi connectivity index (χ4v) is 2.37. The maximum Gasteiger partial charge on any atom is 0.408 e. The number of hydrogen-bond acceptors (Lipinski definition) is 3. The van der Waals surface area contributed by atoms with Gasteiger partial charge in [0.2, 0.25) is 0 Å². The van der Waals surface area contributed by atoms with Crippen molar-refractivity contribution in [3.8, 4) is 0 Å². The molecule has 0 bridgehead atoms. The van der Waals surface area contributed by atoms with E-state index < -0.39 is 17.7 Å². The largest absolute Gasteiger partial charge is 0.443 e. The first-order chi connectivity index (χ1) is 10.4. The summed E-state index contributed by atoms with van der Waals surface area (Å²) in [6.07, 6.45) is 3.15. The summed E-state index contributed by atoms with van der Waals surface area (Å²) in [6, 6.07) is 6.96. The lowest BCUT2D eigenvalue weighted by molar-refractivity contribution is -0.109. The van der Waals surface area contributed by atoms with Crippen LogP contribution in [0.5, 0.6) is 0 Å². The average molecular weight is 326 g/mol. The molecule has 1 aromatic carbocycles. The van der Waals surface area contributed by atoms with Gasteiger partial charge in [-0.1, -0.05) is 49.6 Å². The van der Waals surface area contributed by atoms with Crippen molar-refractivity contribution in [2.24, 2.45) is 0 Å². The van der Waals surface area contributed by atoms with Gasteiger partial charge in [0.15, 0.2) is 0 Å². The van der Waals surface area contributed by atoms with E-state index in [1.54, 1.807) is 6.07 Å². The number of carbonyl (C=O) groups is 2. The van der Waals surface area contributed by atoms with E-state index in [0.717, 1.165) is 24.7 Å². The van der Waals surface area contributed by atoms with E-state index in [9.17, 15) is 9.59 Å². The van der Waals surface area contributed by atoms with Gasteiger partial charge in [-0.15, -0.1) is 0 Å². The van der Waals surface area contributed by atoms with E-state index in [4.69, 9.17) is 16.3 Å². The van der Waals surface area contributed by atoms with E-state index in [-0.39, 0.29) is 0 Å². The smallest absolute Gasteiger partial charge is 0.408 e. The van der Waals surface area contributed by atoms with Crippen LogP contribution in [0.2, 0.25) is 5.02 Å². The molecule has 1 rings (SSSR count). The molecule has 1 amide bonds. The Bertz CT molecular complexity index is 502. The Balaban J connectivity index is 2.57. The van der Waals surface area contributed by atoms with E-state index >= 15 is 0 Å². The summed E-state index contributed by atoms with van der Waals surface area (Å²) in [5.74, 6) is 0. The number of aldehydes is 1. The highest BCUT2D eigenvalue weighted by molar-refractivity contribution is 6.31. The molecule has 0 aliphatic heterocycles. The summed E-state index contributed by atoms with van der Waals surface area (Å²) < 4.78 is 5.44. The quantitative estimate of drug-likeness (QED) is 0.731. The number of unbranched alkanes of at least 4 members (excludes halogenated alkanes) is 1. The first-order valence-corrected chi connectivity index (χ1v) is 7.94. The minimum Gasteiger partial charge on any atom is -0.443 e. The minimum atomic E-state index is -0.715. The lowest BCUT2D eigenvalue weighted by Crippen LogP contribution is -2.41. The second-order valence-corrected chi connectivity index (χ2v) is 6.35. The van der Waals surface area contributed by atoms with Crippen LogP contribution < -0.4 is 5.32 Å². The van der Waals surface area contributed by atoms with Crippen molar-refractivity contribution in [1.82, 2.24) is 5.32 Å². The number of carbonyl (C=O) groups excluding carboxylic acids is 2. The van der Waals surface area contributed by atoms with Crippen molar-refractivity contribution in [3.05, 3.63) is 34.9 Å². The molecule has 1 aromatic rings. The number of amides is 1. The number of alkyl carbamates (subject to hydrolysis) is 1. The summed E-state index contributed by atoms with van der Waals surface area (Å²) in [7, 11) is 0. The zero-order valence-corrected chi connectivity index (χ0v) is 14.2. The topological polar surface area (TPSA) is 55.4 Å². The SMILES string of the molecule is CCCC[C@@H](C=O)NC(=O)OC(C)(C)Cc1ccccc1Cl. The number of hydrogen-bond donors (Lipinski definition) is 1. The van der Waals surface area contributed by atoms with Crippen LogP contribution in [0, 0.1) is 0 Å². The molecule has 0 saturated carbocycles. The molecule has 0 aliphatic carbocycles. The molecular formula is C17H24ClNO3. The monoisotopic (exact) mass is 325 g/mol. The third-order valence-electron chi connectivity index (χ3n) is 3.28. The molecule has 0 radical (unpaired) electrons. The van der Waals surface area contributed by atoms with Gasteiger partial charge in [0, 0.05) is 11.4 Å². The van der Waals surface area contributed by atoms with Crippen LogP contribution in [0.15, 0.2) is 24.3 Å². The van der Waals surface area contributed by atoms with Gasteiger partial charge in [-0.2, -0.15) is 0 Å². The number of benzene rings is 1. The summed E-state index contributed by atoms with van der Waals surface area (Å²) in [5, 5.41) is 3.24. The number of halogens is 1. The normalized spacial score (nSPS) is 12.5. The van der Waals surface area contributed by atoms with Gasteiger partial charge >= 0.3 is 6.09 Å². The molecule has 122 valence electrons. The summed E-state index contributed by atoms with van der Waals surface area (Å²) >= 11 is 6.13. The number of rotatable bonds is 8. The average Bonchev–Trinajstić information content (AvgIpc) is 2.45. The predicted octanol–water partition coefficient (Wildman–Crippen LogP) is 4.15. The highest BCUT2D eigenvalue weighted by atomic mass is 35.5. The standard InChI is InChI=1S/C17H24ClNO3/c1-4-5-9-14(12-20)19-16(21)22-17(2,3)11-13-8-6-7-10-15(13)18/h6-8,10,12,14H,4-5,9,11H2,1-3H3,(H,19,21)/t14-/m0/s1. The molecule has 0 spiro atoms. The highest BCUT2D eigenvalue weighted by Gasteiger charge is 2.25. The Kier molecular flexibility index (Phi) is 7.39. The van der Waals surface area contributed by atoms with E-state index in [0.29, 0.717) is 17.9 Å². The molecule has 0 saturated heterocycles. The molecule has 5 heteroatoms. The Labute approximate surface area is 137 Å². The zero-order chi connectivity index (χ0) is 16.6. The first-order valence-electron chi connectivity index (χ1n) is 7.56. The third-order valence-corrected chi connectivity index (χ3v) is 3.65. The van der Waals surface area contributed by atoms with Crippen LogP contribution in [0.4, 0.5) is 4.79 Å². The minimum absolute atomic E-state index is 0.497. The lowest BCUT2D eigenvalue weighted by atomic mass is 9.98. The van der Waals surface area contributed by atoms with Gasteiger partial charge in [0.1, 0.15) is 11.9 Å². The Morgan fingerprint density at radius 3 is 2.68 bits per heavy atom. The van der Waals surface area contributed by atoms with Gasteiger partial charge < -0.3 is 14.8 Å². The second-order valence-electron chi connectivity index (χ2n) is 5.95. The molecule has 22 heavy (non-hydrogen) atoms. The van der Waals surface area contributed by atoms with Crippen molar-refractivity contribution in [2.75, 3.05) is 0 Å². The van der Waals surface area contributed by atoms with Gasteiger partial charge in [-0.3, -0.25) is 0 Å². The highest BCUT2D eigenvalue weighted by Crippen LogP contribution is 2.23. The van der Waals surface area contributed by atoms with E-state index in [1.165, 1.54) is 0 Å². The van der Waals surface area contributed by atoms with Crippen LogP contribution in [0.3, 0.4) is 0 Å². The van der Waals surface area contributed by atoms with Crippen molar-refractivity contribution >= 4 is 24.0 Å². The number of nitrogens with one attached hydrogen (secondary N) is 1. The van der Waals surface area contributed by atoms with Crippen molar-refractivity contribution in [1.29, 1.82) is 0 Å². The fourth-order valence-electron chi connectivity index (χ4n) is 2.17. The van der Waals surface area contributed by atoms with Crippen LogP contribution in [-0.4, -0.2) is 24.0 Å². The Morgan fingerprint density at radius 1 is 1.41 bits per heavy atom. The summed E-state index contributed by atoms with van der Waals surface area (Å²) in [6.45, 7) is 5.67. The van der Waals surface area contributed by atoms with Crippen molar-refractivity contribution in [3.63, 3.8) is 0 Å². The molecule has 0 aromatic heterocycles. The van der Waals surface area contributed by atoms with Crippen LogP contribution in [0.1, 0.15) is 45.6 Å². The second kappa shape index (κ2) is 8.79. The van der Waals surface area contributed by atoms with Gasteiger partial charge in [0.05, 0.1) is 6.04 Å². The molecule has 0 heterocycles. The predicted molar refractivity (Wildman–Crippen MR) is 88.2 cm³/mol. The van der Waals surface area contributed by atoms with Crippen molar-refractivity contribution < 1.29 is 14.3 Å². The maximum atomic E-state index is 11.9. The maximum absolute atomic E-state index is 11.9. The van der Waals surface area contributed by atoms with Crippen LogP contribution in [-0.2, 0) is 16.0 Å². The Hall–Kier alpha value is -1.55. The van der Waals surface area contributed by atoms with Crippen molar-refractivity contribution in [2.45, 2.75) is 58.1 Å². The first kappa shape index (κ1) is 18.5.